The van der Waals surface area contributed by atoms with E-state index in [4.69, 9.17) is 22.5 Å². The number of benzene rings is 1. The minimum Gasteiger partial charge on any atom is -0.409 e. The molecule has 0 aliphatic carbocycles. The second-order valence-corrected chi connectivity index (χ2v) is 4.34. The SMILES string of the molecule is CN(CCC(F)(F)F)c1ccc(C(N)=NO)c(Cl)c1. The van der Waals surface area contributed by atoms with Gasteiger partial charge in [-0.25, -0.2) is 0 Å². The van der Waals surface area contributed by atoms with Crippen molar-refractivity contribution in [3.8, 4) is 0 Å². The number of rotatable bonds is 4. The van der Waals surface area contributed by atoms with E-state index in [1.807, 2.05) is 0 Å². The summed E-state index contributed by atoms with van der Waals surface area (Å²) in [5.74, 6) is -0.158. The third kappa shape index (κ3) is 4.51. The van der Waals surface area contributed by atoms with Gasteiger partial charge in [0, 0.05) is 24.8 Å². The molecule has 8 heteroatoms. The molecule has 0 radical (unpaired) electrons. The van der Waals surface area contributed by atoms with Crippen LogP contribution in [0.2, 0.25) is 5.02 Å². The van der Waals surface area contributed by atoms with Crippen molar-refractivity contribution < 1.29 is 18.4 Å². The Labute approximate surface area is 113 Å². The number of oxime groups is 1. The van der Waals surface area contributed by atoms with Gasteiger partial charge in [-0.3, -0.25) is 0 Å². The monoisotopic (exact) mass is 295 g/mol. The van der Waals surface area contributed by atoms with Crippen LogP contribution in [0.4, 0.5) is 18.9 Å². The molecule has 3 N–H and O–H groups in total. The first-order valence-electron chi connectivity index (χ1n) is 5.30. The Kier molecular flexibility index (Phi) is 4.88. The van der Waals surface area contributed by atoms with Gasteiger partial charge in [0.15, 0.2) is 5.84 Å². The number of nitrogens with zero attached hydrogens (tertiary/aromatic N) is 2. The predicted octanol–water partition coefficient (Wildman–Crippen LogP) is 2.82. The number of hydrogen-bond acceptors (Lipinski definition) is 3. The zero-order valence-corrected chi connectivity index (χ0v) is 10.8. The maximum atomic E-state index is 12.1. The minimum absolute atomic E-state index is 0.158. The lowest BCUT2D eigenvalue weighted by Crippen LogP contribution is -2.24. The number of anilines is 1. The average molecular weight is 296 g/mol. The third-order valence-corrected chi connectivity index (χ3v) is 2.82. The van der Waals surface area contributed by atoms with E-state index < -0.39 is 12.6 Å². The third-order valence-electron chi connectivity index (χ3n) is 2.51. The van der Waals surface area contributed by atoms with Crippen LogP contribution in [0.1, 0.15) is 12.0 Å². The fourth-order valence-corrected chi connectivity index (χ4v) is 1.70. The van der Waals surface area contributed by atoms with Gasteiger partial charge in [-0.05, 0) is 18.2 Å². The molecule has 0 spiro atoms. The van der Waals surface area contributed by atoms with Crippen molar-refractivity contribution in [1.29, 1.82) is 0 Å². The van der Waals surface area contributed by atoms with Crippen molar-refractivity contribution >= 4 is 23.1 Å². The molecule has 0 aliphatic heterocycles. The summed E-state index contributed by atoms with van der Waals surface area (Å²) in [6.45, 7) is -0.178. The first kappa shape index (κ1) is 15.4. The van der Waals surface area contributed by atoms with Crippen LogP contribution < -0.4 is 10.6 Å². The molecule has 0 fully saturated rings. The molecule has 1 rings (SSSR count). The van der Waals surface area contributed by atoms with Gasteiger partial charge in [0.2, 0.25) is 0 Å². The Bertz CT molecular complexity index is 477. The smallest absolute Gasteiger partial charge is 0.390 e. The predicted molar refractivity (Wildman–Crippen MR) is 67.9 cm³/mol. The van der Waals surface area contributed by atoms with Gasteiger partial charge in [0.1, 0.15) is 0 Å². The van der Waals surface area contributed by atoms with E-state index in [9.17, 15) is 13.2 Å². The van der Waals surface area contributed by atoms with Crippen LogP contribution in [0.15, 0.2) is 23.4 Å². The molecule has 0 heterocycles. The Balaban J connectivity index is 2.83. The highest BCUT2D eigenvalue weighted by Gasteiger charge is 2.27. The van der Waals surface area contributed by atoms with E-state index in [2.05, 4.69) is 5.16 Å². The summed E-state index contributed by atoms with van der Waals surface area (Å²) in [4.78, 5) is 1.43. The maximum Gasteiger partial charge on any atom is 0.390 e. The molecule has 4 nitrogen and oxygen atoms in total. The van der Waals surface area contributed by atoms with E-state index in [1.54, 1.807) is 6.07 Å². The normalized spacial score (nSPS) is 12.6. The van der Waals surface area contributed by atoms with Crippen molar-refractivity contribution in [2.45, 2.75) is 12.6 Å². The van der Waals surface area contributed by atoms with E-state index >= 15 is 0 Å². The Morgan fingerprint density at radius 1 is 1.47 bits per heavy atom. The molecular weight excluding hydrogens is 283 g/mol. The van der Waals surface area contributed by atoms with Gasteiger partial charge < -0.3 is 15.8 Å². The summed E-state index contributed by atoms with van der Waals surface area (Å²) in [5, 5.41) is 11.5. The van der Waals surface area contributed by atoms with Crippen molar-refractivity contribution in [3.05, 3.63) is 28.8 Å². The number of hydrogen-bond donors (Lipinski definition) is 2. The highest BCUT2D eigenvalue weighted by Crippen LogP contribution is 2.25. The van der Waals surface area contributed by atoms with E-state index in [1.165, 1.54) is 24.1 Å². The highest BCUT2D eigenvalue weighted by molar-refractivity contribution is 6.34. The van der Waals surface area contributed by atoms with Gasteiger partial charge in [-0.15, -0.1) is 0 Å². The topological polar surface area (TPSA) is 61.8 Å². The van der Waals surface area contributed by atoms with Crippen LogP contribution in [0, 0.1) is 0 Å². The fourth-order valence-electron chi connectivity index (χ4n) is 1.43. The fraction of sp³-hybridized carbons (Fsp3) is 0.364. The Morgan fingerprint density at radius 2 is 2.11 bits per heavy atom. The molecule has 0 unspecified atom stereocenters. The standard InChI is InChI=1S/C11H13ClF3N3O/c1-18(5-4-11(13,14)15)7-2-3-8(9(12)6-7)10(16)17-19/h2-3,6,19H,4-5H2,1H3,(H2,16,17). The van der Waals surface area contributed by atoms with E-state index in [0.29, 0.717) is 11.3 Å². The molecule has 0 atom stereocenters. The summed E-state index contributed by atoms with van der Waals surface area (Å²) in [6, 6.07) is 4.50. The lowest BCUT2D eigenvalue weighted by molar-refractivity contribution is -0.132. The Morgan fingerprint density at radius 3 is 2.58 bits per heavy atom. The van der Waals surface area contributed by atoms with Crippen molar-refractivity contribution in [1.82, 2.24) is 0 Å². The average Bonchev–Trinajstić information content (AvgIpc) is 2.34. The van der Waals surface area contributed by atoms with Crippen molar-refractivity contribution in [2.75, 3.05) is 18.5 Å². The van der Waals surface area contributed by atoms with E-state index in [-0.39, 0.29) is 17.4 Å². The molecule has 0 aromatic heterocycles. The Hall–Kier alpha value is -1.63. The quantitative estimate of drug-likeness (QED) is 0.389. The number of halogens is 4. The first-order chi connectivity index (χ1) is 8.74. The lowest BCUT2D eigenvalue weighted by Gasteiger charge is -2.20. The van der Waals surface area contributed by atoms with Gasteiger partial charge in [-0.2, -0.15) is 13.2 Å². The molecular formula is C11H13ClF3N3O. The van der Waals surface area contributed by atoms with Gasteiger partial charge in [0.05, 0.1) is 11.4 Å². The second-order valence-electron chi connectivity index (χ2n) is 3.94. The molecule has 19 heavy (non-hydrogen) atoms. The molecule has 1 aromatic rings. The van der Waals surface area contributed by atoms with Gasteiger partial charge in [0.25, 0.3) is 0 Å². The molecule has 0 saturated carbocycles. The molecule has 106 valence electrons. The van der Waals surface area contributed by atoms with Crippen LogP contribution in [0.3, 0.4) is 0 Å². The summed E-state index contributed by atoms with van der Waals surface area (Å²) >= 11 is 5.92. The van der Waals surface area contributed by atoms with Crippen molar-refractivity contribution in [2.24, 2.45) is 10.9 Å². The van der Waals surface area contributed by atoms with Crippen molar-refractivity contribution in [3.63, 3.8) is 0 Å². The maximum absolute atomic E-state index is 12.1. The minimum atomic E-state index is -4.20. The first-order valence-corrected chi connectivity index (χ1v) is 5.67. The summed E-state index contributed by atoms with van der Waals surface area (Å²) in [7, 11) is 1.53. The van der Waals surface area contributed by atoms with Gasteiger partial charge >= 0.3 is 6.18 Å². The summed E-state index contributed by atoms with van der Waals surface area (Å²) < 4.78 is 36.3. The highest BCUT2D eigenvalue weighted by atomic mass is 35.5. The summed E-state index contributed by atoms with van der Waals surface area (Å²) in [5.41, 5.74) is 6.22. The second kappa shape index (κ2) is 6.01. The lowest BCUT2D eigenvalue weighted by atomic mass is 10.1. The number of amidine groups is 1. The number of alkyl halides is 3. The molecule has 0 bridgehead atoms. The number of nitrogens with two attached hydrogens (primary N) is 1. The van der Waals surface area contributed by atoms with E-state index in [0.717, 1.165) is 0 Å². The molecule has 1 aromatic carbocycles. The van der Waals surface area contributed by atoms with Crippen LogP contribution in [-0.4, -0.2) is 30.8 Å². The van der Waals surface area contributed by atoms with Crippen LogP contribution in [0.5, 0.6) is 0 Å². The zero-order chi connectivity index (χ0) is 14.6. The largest absolute Gasteiger partial charge is 0.409 e. The van der Waals surface area contributed by atoms with Crippen LogP contribution in [-0.2, 0) is 0 Å². The molecule has 0 aliphatic rings. The molecule has 0 amide bonds. The molecule has 0 saturated heterocycles. The summed E-state index contributed by atoms with van der Waals surface area (Å²) in [6.07, 6.45) is -5.12. The van der Waals surface area contributed by atoms with Gasteiger partial charge in [-0.1, -0.05) is 16.8 Å². The van der Waals surface area contributed by atoms with Crippen LogP contribution >= 0.6 is 11.6 Å². The van der Waals surface area contributed by atoms with Crippen LogP contribution in [0.25, 0.3) is 0 Å². The zero-order valence-electron chi connectivity index (χ0n) is 10.1.